The third-order valence-electron chi connectivity index (χ3n) is 5.06. The van der Waals surface area contributed by atoms with Gasteiger partial charge in [-0.25, -0.2) is 9.59 Å². The summed E-state index contributed by atoms with van der Waals surface area (Å²) in [5.41, 5.74) is 2.35. The van der Waals surface area contributed by atoms with Crippen molar-refractivity contribution in [2.45, 2.75) is 33.3 Å². The lowest BCUT2D eigenvalue weighted by atomic mass is 9.95. The molecule has 2 aromatic carbocycles. The summed E-state index contributed by atoms with van der Waals surface area (Å²) in [4.78, 5) is 35.3. The standard InChI is InChI=1S/C23H24N2O7/c1-13(2)17-11-18-15(9-22(27)32-21(18)8-14(17)3)12-31-23(28)19-10-16(25(29)30)4-5-20(19)24-6-7-26/h4-5,8-11,13,24,26H,6-7,12H2,1-3H3. The molecule has 0 atom stereocenters. The van der Waals surface area contributed by atoms with Gasteiger partial charge < -0.3 is 19.6 Å². The third kappa shape index (κ3) is 4.94. The maximum absolute atomic E-state index is 12.8. The number of fused-ring (bicyclic) bond motifs is 1. The van der Waals surface area contributed by atoms with Crippen LogP contribution in [-0.4, -0.2) is 29.2 Å². The Labute approximate surface area is 183 Å². The van der Waals surface area contributed by atoms with E-state index >= 15 is 0 Å². The number of carbonyl (C=O) groups is 1. The Morgan fingerprint density at radius 2 is 2.00 bits per heavy atom. The normalized spacial score (nSPS) is 11.0. The molecule has 3 aromatic rings. The summed E-state index contributed by atoms with van der Waals surface area (Å²) in [6, 6.07) is 8.72. The Balaban J connectivity index is 1.95. The molecule has 0 aliphatic rings. The number of aryl methyl sites for hydroxylation is 1. The molecule has 0 unspecified atom stereocenters. The zero-order valence-electron chi connectivity index (χ0n) is 18.0. The fourth-order valence-corrected chi connectivity index (χ4v) is 3.51. The van der Waals surface area contributed by atoms with E-state index in [-0.39, 0.29) is 36.9 Å². The van der Waals surface area contributed by atoms with Crippen LogP contribution in [0.2, 0.25) is 0 Å². The maximum atomic E-state index is 12.8. The van der Waals surface area contributed by atoms with Crippen LogP contribution in [0.25, 0.3) is 11.0 Å². The quantitative estimate of drug-likeness (QED) is 0.233. The highest BCUT2D eigenvalue weighted by atomic mass is 16.6. The van der Waals surface area contributed by atoms with Crippen molar-refractivity contribution in [2.75, 3.05) is 18.5 Å². The summed E-state index contributed by atoms with van der Waals surface area (Å²) in [5.74, 6) is -0.557. The third-order valence-corrected chi connectivity index (χ3v) is 5.06. The van der Waals surface area contributed by atoms with Crippen molar-refractivity contribution in [2.24, 2.45) is 0 Å². The van der Waals surface area contributed by atoms with Crippen molar-refractivity contribution in [1.82, 2.24) is 0 Å². The van der Waals surface area contributed by atoms with E-state index in [4.69, 9.17) is 14.3 Å². The van der Waals surface area contributed by atoms with Gasteiger partial charge in [0.15, 0.2) is 0 Å². The lowest BCUT2D eigenvalue weighted by Gasteiger charge is -2.14. The first-order valence-corrected chi connectivity index (χ1v) is 10.1. The molecule has 0 bridgehead atoms. The number of non-ortho nitro benzene ring substituents is 1. The molecule has 0 amide bonds. The Morgan fingerprint density at radius 3 is 2.66 bits per heavy atom. The Kier molecular flexibility index (Phi) is 6.89. The Morgan fingerprint density at radius 1 is 1.25 bits per heavy atom. The summed E-state index contributed by atoms with van der Waals surface area (Å²) in [6.45, 7) is 5.79. The van der Waals surface area contributed by atoms with E-state index in [2.05, 4.69) is 19.2 Å². The zero-order chi connectivity index (χ0) is 23.4. The topological polar surface area (TPSA) is 132 Å². The summed E-state index contributed by atoms with van der Waals surface area (Å²) in [7, 11) is 0. The van der Waals surface area contributed by atoms with Gasteiger partial charge in [-0.3, -0.25) is 10.1 Å². The van der Waals surface area contributed by atoms with E-state index in [0.717, 1.165) is 17.2 Å². The van der Waals surface area contributed by atoms with Gasteiger partial charge >= 0.3 is 11.6 Å². The minimum absolute atomic E-state index is 0.0429. The van der Waals surface area contributed by atoms with Gasteiger partial charge in [-0.05, 0) is 42.2 Å². The van der Waals surface area contributed by atoms with Crippen LogP contribution in [0.5, 0.6) is 0 Å². The van der Waals surface area contributed by atoms with Crippen molar-refractivity contribution >= 4 is 28.3 Å². The number of carbonyl (C=O) groups excluding carboxylic acids is 1. The van der Waals surface area contributed by atoms with Crippen LogP contribution in [0.3, 0.4) is 0 Å². The van der Waals surface area contributed by atoms with Crippen LogP contribution in [-0.2, 0) is 11.3 Å². The van der Waals surface area contributed by atoms with Crippen molar-refractivity contribution in [3.05, 3.63) is 79.2 Å². The number of aliphatic hydroxyl groups is 1. The number of benzene rings is 2. The molecule has 0 fully saturated rings. The van der Waals surface area contributed by atoms with Gasteiger partial charge in [-0.2, -0.15) is 0 Å². The molecular weight excluding hydrogens is 416 g/mol. The maximum Gasteiger partial charge on any atom is 0.340 e. The van der Waals surface area contributed by atoms with Crippen molar-refractivity contribution in [3.8, 4) is 0 Å². The molecule has 0 aliphatic carbocycles. The predicted molar refractivity (Wildman–Crippen MR) is 119 cm³/mol. The number of esters is 1. The molecule has 0 saturated heterocycles. The van der Waals surface area contributed by atoms with Crippen LogP contribution in [0.1, 0.15) is 46.8 Å². The van der Waals surface area contributed by atoms with E-state index in [9.17, 15) is 19.7 Å². The number of hydrogen-bond acceptors (Lipinski definition) is 8. The molecule has 9 heteroatoms. The van der Waals surface area contributed by atoms with E-state index in [1.54, 1.807) is 6.07 Å². The van der Waals surface area contributed by atoms with Crippen LogP contribution >= 0.6 is 0 Å². The molecule has 168 valence electrons. The molecule has 0 saturated carbocycles. The number of rotatable bonds is 8. The van der Waals surface area contributed by atoms with Gasteiger partial charge in [-0.15, -0.1) is 0 Å². The highest BCUT2D eigenvalue weighted by Crippen LogP contribution is 2.28. The molecular formula is C23H24N2O7. The van der Waals surface area contributed by atoms with E-state index in [1.807, 2.05) is 13.0 Å². The fourth-order valence-electron chi connectivity index (χ4n) is 3.51. The van der Waals surface area contributed by atoms with E-state index in [1.165, 1.54) is 18.2 Å². The van der Waals surface area contributed by atoms with Crippen molar-refractivity contribution in [3.63, 3.8) is 0 Å². The minimum atomic E-state index is -0.799. The van der Waals surface area contributed by atoms with Crippen LogP contribution < -0.4 is 10.9 Å². The molecule has 2 N–H and O–H groups in total. The van der Waals surface area contributed by atoms with E-state index in [0.29, 0.717) is 22.2 Å². The SMILES string of the molecule is Cc1cc2oc(=O)cc(COC(=O)c3cc([N+](=O)[O-])ccc3NCCO)c2cc1C(C)C. The van der Waals surface area contributed by atoms with Gasteiger partial charge in [0.25, 0.3) is 5.69 Å². The second-order valence-electron chi connectivity index (χ2n) is 7.66. The van der Waals surface area contributed by atoms with Crippen LogP contribution in [0.15, 0.2) is 45.6 Å². The second-order valence-corrected chi connectivity index (χ2v) is 7.66. The number of nitrogens with one attached hydrogen (secondary N) is 1. The molecule has 3 rings (SSSR count). The molecule has 32 heavy (non-hydrogen) atoms. The predicted octanol–water partition coefficient (Wildman–Crippen LogP) is 3.89. The Bertz CT molecular complexity index is 1230. The molecule has 0 radical (unpaired) electrons. The number of anilines is 1. The number of nitro groups is 1. The lowest BCUT2D eigenvalue weighted by molar-refractivity contribution is -0.384. The molecule has 0 aliphatic heterocycles. The average Bonchev–Trinajstić information content (AvgIpc) is 2.74. The number of nitro benzene ring substituents is 1. The largest absolute Gasteiger partial charge is 0.457 e. The molecule has 0 spiro atoms. The number of nitrogens with zero attached hydrogens (tertiary/aromatic N) is 1. The summed E-state index contributed by atoms with van der Waals surface area (Å²) in [6.07, 6.45) is 0. The summed E-state index contributed by atoms with van der Waals surface area (Å²) < 4.78 is 10.7. The second kappa shape index (κ2) is 9.61. The first kappa shape index (κ1) is 23.0. The highest BCUT2D eigenvalue weighted by Gasteiger charge is 2.19. The van der Waals surface area contributed by atoms with Crippen LogP contribution in [0, 0.1) is 17.0 Å². The van der Waals surface area contributed by atoms with Crippen LogP contribution in [0.4, 0.5) is 11.4 Å². The van der Waals surface area contributed by atoms with Gasteiger partial charge in [0.05, 0.1) is 17.1 Å². The summed E-state index contributed by atoms with van der Waals surface area (Å²) in [5, 5.41) is 23.7. The smallest absolute Gasteiger partial charge is 0.340 e. The van der Waals surface area contributed by atoms with Gasteiger partial charge in [0.1, 0.15) is 12.2 Å². The number of hydrogen-bond donors (Lipinski definition) is 2. The molecule has 9 nitrogen and oxygen atoms in total. The molecule has 1 heterocycles. The summed E-state index contributed by atoms with van der Waals surface area (Å²) >= 11 is 0. The monoisotopic (exact) mass is 440 g/mol. The zero-order valence-corrected chi connectivity index (χ0v) is 18.0. The van der Waals surface area contributed by atoms with Gasteiger partial charge in [-0.1, -0.05) is 13.8 Å². The minimum Gasteiger partial charge on any atom is -0.457 e. The van der Waals surface area contributed by atoms with Gasteiger partial charge in [0.2, 0.25) is 0 Å². The first-order valence-electron chi connectivity index (χ1n) is 10.1. The number of ether oxygens (including phenoxy) is 1. The average molecular weight is 440 g/mol. The van der Waals surface area contributed by atoms with Crippen molar-refractivity contribution in [1.29, 1.82) is 0 Å². The molecule has 1 aromatic heterocycles. The number of aliphatic hydroxyl groups excluding tert-OH is 1. The van der Waals surface area contributed by atoms with E-state index < -0.39 is 16.5 Å². The lowest BCUT2D eigenvalue weighted by Crippen LogP contribution is -2.13. The van der Waals surface area contributed by atoms with Gasteiger partial charge in [0, 0.05) is 41.4 Å². The fraction of sp³-hybridized carbons (Fsp3) is 0.304. The highest BCUT2D eigenvalue weighted by molar-refractivity contribution is 5.96. The first-order chi connectivity index (χ1) is 15.2. The van der Waals surface area contributed by atoms with Crippen molar-refractivity contribution < 1.29 is 24.0 Å². The Hall–Kier alpha value is -3.72.